The molecule has 1 atom stereocenters. The zero-order valence-corrected chi connectivity index (χ0v) is 19.9. The second kappa shape index (κ2) is 10.9. The van der Waals surface area contributed by atoms with Gasteiger partial charge in [0.25, 0.3) is 5.91 Å². The van der Waals surface area contributed by atoms with Crippen molar-refractivity contribution in [2.75, 3.05) is 57.7 Å². The highest BCUT2D eigenvalue weighted by Crippen LogP contribution is 2.21. The summed E-state index contributed by atoms with van der Waals surface area (Å²) in [6, 6.07) is 23.4. The quantitative estimate of drug-likeness (QED) is 0.625. The lowest BCUT2D eigenvalue weighted by molar-refractivity contribution is -0.0283. The van der Waals surface area contributed by atoms with Crippen molar-refractivity contribution < 1.29 is 14.3 Å². The molecule has 2 fully saturated rings. The molecule has 2 aliphatic heterocycles. The first-order chi connectivity index (χ1) is 17.2. The van der Waals surface area contributed by atoms with Crippen molar-refractivity contribution in [3.63, 3.8) is 0 Å². The number of hydrogen-bond acceptors (Lipinski definition) is 4. The number of nitrogens with zero attached hydrogens (tertiary/aromatic N) is 3. The summed E-state index contributed by atoms with van der Waals surface area (Å²) in [5.41, 5.74) is 1.57. The molecule has 35 heavy (non-hydrogen) atoms. The van der Waals surface area contributed by atoms with Crippen LogP contribution in [0.5, 0.6) is 0 Å². The maximum Gasteiger partial charge on any atom is 0.322 e. The monoisotopic (exact) mass is 472 g/mol. The Morgan fingerprint density at radius 2 is 1.63 bits per heavy atom. The second-order valence-corrected chi connectivity index (χ2v) is 9.21. The molecule has 0 spiro atoms. The average Bonchev–Trinajstić information content (AvgIpc) is 3.14. The van der Waals surface area contributed by atoms with Gasteiger partial charge in [-0.15, -0.1) is 0 Å². The molecule has 3 aromatic rings. The topological polar surface area (TPSA) is 65.1 Å². The number of para-hydroxylation sites is 1. The van der Waals surface area contributed by atoms with Crippen LogP contribution in [0, 0.1) is 0 Å². The van der Waals surface area contributed by atoms with Crippen molar-refractivity contribution in [2.24, 2.45) is 0 Å². The Labute approximate surface area is 206 Å². The highest BCUT2D eigenvalue weighted by atomic mass is 16.5. The van der Waals surface area contributed by atoms with E-state index in [9.17, 15) is 9.59 Å². The minimum atomic E-state index is -0.0905. The number of rotatable bonds is 4. The fraction of sp³-hybridized carbons (Fsp3) is 0.357. The summed E-state index contributed by atoms with van der Waals surface area (Å²) >= 11 is 0. The van der Waals surface area contributed by atoms with E-state index in [-0.39, 0.29) is 18.0 Å². The largest absolute Gasteiger partial charge is 0.373 e. The van der Waals surface area contributed by atoms with E-state index in [0.29, 0.717) is 26.2 Å². The van der Waals surface area contributed by atoms with Gasteiger partial charge in [0.15, 0.2) is 0 Å². The fourth-order valence-corrected chi connectivity index (χ4v) is 4.97. The first-order valence-corrected chi connectivity index (χ1v) is 12.4. The number of urea groups is 1. The Bertz CT molecular complexity index is 1160. The van der Waals surface area contributed by atoms with E-state index in [0.717, 1.165) is 54.6 Å². The normalized spacial score (nSPS) is 19.4. The van der Waals surface area contributed by atoms with Gasteiger partial charge in [0.2, 0.25) is 0 Å². The number of nitrogens with one attached hydrogen (secondary N) is 1. The smallest absolute Gasteiger partial charge is 0.322 e. The third kappa shape index (κ3) is 5.63. The first kappa shape index (κ1) is 23.3. The van der Waals surface area contributed by atoms with Crippen LogP contribution in [0.15, 0.2) is 72.8 Å². The van der Waals surface area contributed by atoms with E-state index in [2.05, 4.69) is 10.2 Å². The summed E-state index contributed by atoms with van der Waals surface area (Å²) in [6.45, 7) is 5.58. The third-order valence-electron chi connectivity index (χ3n) is 6.81. The molecular formula is C28H32N4O3. The van der Waals surface area contributed by atoms with Crippen molar-refractivity contribution >= 4 is 28.4 Å². The van der Waals surface area contributed by atoms with Crippen molar-refractivity contribution in [3.05, 3.63) is 78.4 Å². The molecule has 182 valence electrons. The van der Waals surface area contributed by atoms with Gasteiger partial charge in [-0.05, 0) is 41.9 Å². The number of amides is 3. The van der Waals surface area contributed by atoms with Crippen molar-refractivity contribution in [1.82, 2.24) is 14.7 Å². The lowest BCUT2D eigenvalue weighted by atomic mass is 10.0. The van der Waals surface area contributed by atoms with E-state index < -0.39 is 0 Å². The van der Waals surface area contributed by atoms with Crippen molar-refractivity contribution in [3.8, 4) is 0 Å². The Morgan fingerprint density at radius 1 is 0.829 bits per heavy atom. The predicted molar refractivity (Wildman–Crippen MR) is 138 cm³/mol. The number of benzene rings is 3. The zero-order valence-electron chi connectivity index (χ0n) is 19.9. The Kier molecular flexibility index (Phi) is 7.25. The van der Waals surface area contributed by atoms with Crippen LogP contribution in [0.4, 0.5) is 10.5 Å². The molecule has 2 aliphatic rings. The van der Waals surface area contributed by atoms with E-state index in [4.69, 9.17) is 4.74 Å². The number of fused-ring (bicyclic) bond motifs is 1. The number of carbonyl (C=O) groups is 2. The van der Waals surface area contributed by atoms with Gasteiger partial charge in [-0.25, -0.2) is 4.79 Å². The molecular weight excluding hydrogens is 440 g/mol. The van der Waals surface area contributed by atoms with Gasteiger partial charge in [-0.3, -0.25) is 9.69 Å². The van der Waals surface area contributed by atoms with Crippen LogP contribution in [-0.4, -0.2) is 85.2 Å². The van der Waals surface area contributed by atoms with Crippen LogP contribution in [0.1, 0.15) is 16.8 Å². The minimum absolute atomic E-state index is 0.0365. The molecule has 7 heteroatoms. The third-order valence-corrected chi connectivity index (χ3v) is 6.81. The number of carbonyl (C=O) groups excluding carboxylic acids is 2. The number of ether oxygens (including phenoxy) is 1. The summed E-state index contributed by atoms with van der Waals surface area (Å²) in [4.78, 5) is 32.2. The zero-order chi connectivity index (χ0) is 24.0. The maximum atomic E-state index is 13.4. The number of hydrogen-bond donors (Lipinski definition) is 1. The van der Waals surface area contributed by atoms with E-state index in [1.165, 1.54) is 0 Å². The summed E-state index contributed by atoms with van der Waals surface area (Å²) < 4.78 is 6.00. The lowest BCUT2D eigenvalue weighted by Crippen LogP contribution is -2.51. The Morgan fingerprint density at radius 3 is 2.51 bits per heavy atom. The van der Waals surface area contributed by atoms with Crippen LogP contribution < -0.4 is 5.32 Å². The molecule has 1 N–H and O–H groups in total. The highest BCUT2D eigenvalue weighted by Gasteiger charge is 2.28. The molecule has 2 saturated heterocycles. The van der Waals surface area contributed by atoms with Gasteiger partial charge in [0.05, 0.1) is 12.7 Å². The average molecular weight is 473 g/mol. The van der Waals surface area contributed by atoms with Gasteiger partial charge < -0.3 is 19.9 Å². The van der Waals surface area contributed by atoms with Gasteiger partial charge in [0.1, 0.15) is 0 Å². The highest BCUT2D eigenvalue weighted by molar-refractivity contribution is 6.07. The van der Waals surface area contributed by atoms with E-state index in [1.807, 2.05) is 82.6 Å². The SMILES string of the molecule is O=C(Nc1ccccc1)N1CCO[C@@H](CN2CCCN(C(=O)c3cccc4ccccc34)CC2)C1. The molecule has 0 unspecified atom stereocenters. The molecule has 0 aliphatic carbocycles. The second-order valence-electron chi connectivity index (χ2n) is 9.21. The number of morpholine rings is 1. The Balaban J connectivity index is 1.16. The van der Waals surface area contributed by atoms with Crippen LogP contribution in [-0.2, 0) is 4.74 Å². The molecule has 0 aromatic heterocycles. The van der Waals surface area contributed by atoms with Crippen LogP contribution in [0.2, 0.25) is 0 Å². The van der Waals surface area contributed by atoms with Gasteiger partial charge >= 0.3 is 6.03 Å². The van der Waals surface area contributed by atoms with E-state index >= 15 is 0 Å². The maximum absolute atomic E-state index is 13.4. The predicted octanol–water partition coefficient (Wildman–Crippen LogP) is 3.92. The molecule has 0 radical (unpaired) electrons. The molecule has 7 nitrogen and oxygen atoms in total. The van der Waals surface area contributed by atoms with Crippen LogP contribution >= 0.6 is 0 Å². The van der Waals surface area contributed by atoms with Gasteiger partial charge in [-0.1, -0.05) is 54.6 Å². The molecule has 3 aromatic carbocycles. The summed E-state index contributed by atoms with van der Waals surface area (Å²) in [5.74, 6) is 0.0984. The molecule has 0 bridgehead atoms. The van der Waals surface area contributed by atoms with Gasteiger partial charge in [0, 0.05) is 50.5 Å². The number of anilines is 1. The molecule has 2 heterocycles. The summed E-state index contributed by atoms with van der Waals surface area (Å²) in [5, 5.41) is 5.06. The van der Waals surface area contributed by atoms with Crippen LogP contribution in [0.25, 0.3) is 10.8 Å². The molecule has 0 saturated carbocycles. The van der Waals surface area contributed by atoms with E-state index in [1.54, 1.807) is 0 Å². The summed E-state index contributed by atoms with van der Waals surface area (Å²) in [7, 11) is 0. The standard InChI is InChI=1S/C28H32N4O3/c33-27(26-13-6-9-22-8-4-5-12-25(22)26)31-15-7-14-30(16-17-31)20-24-21-32(18-19-35-24)28(34)29-23-10-2-1-3-11-23/h1-6,8-13,24H,7,14-21H2,(H,29,34)/t24-/m0/s1. The van der Waals surface area contributed by atoms with Crippen molar-refractivity contribution in [1.29, 1.82) is 0 Å². The Hall–Kier alpha value is -3.42. The fourth-order valence-electron chi connectivity index (χ4n) is 4.97. The van der Waals surface area contributed by atoms with Crippen LogP contribution in [0.3, 0.4) is 0 Å². The first-order valence-electron chi connectivity index (χ1n) is 12.4. The van der Waals surface area contributed by atoms with Gasteiger partial charge in [-0.2, -0.15) is 0 Å². The molecule has 5 rings (SSSR count). The minimum Gasteiger partial charge on any atom is -0.373 e. The molecule has 3 amide bonds. The summed E-state index contributed by atoms with van der Waals surface area (Å²) in [6.07, 6.45) is 0.882. The van der Waals surface area contributed by atoms with Crippen molar-refractivity contribution in [2.45, 2.75) is 12.5 Å². The lowest BCUT2D eigenvalue weighted by Gasteiger charge is -2.35.